The molecule has 1 aliphatic rings. The van der Waals surface area contributed by atoms with Crippen LogP contribution in [0.3, 0.4) is 0 Å². The van der Waals surface area contributed by atoms with Gasteiger partial charge in [0.25, 0.3) is 5.91 Å². The van der Waals surface area contributed by atoms with Crippen LogP contribution in [0.25, 0.3) is 0 Å². The zero-order valence-electron chi connectivity index (χ0n) is 20.3. The third-order valence-corrected chi connectivity index (χ3v) is 7.45. The topological polar surface area (TPSA) is 73.2 Å². The first kappa shape index (κ1) is 25.6. The predicted molar refractivity (Wildman–Crippen MR) is 147 cm³/mol. The second-order valence-electron chi connectivity index (χ2n) is 8.97. The SMILES string of the molecule is Cc1cccc(NC(=O)/C(C#N)=C2\SC(Cc3ccc(Cl)cc3)C(=O)N2c2ccc(C(C)C)cc2)c1. The van der Waals surface area contributed by atoms with E-state index in [2.05, 4.69) is 25.2 Å². The highest BCUT2D eigenvalue weighted by Gasteiger charge is 2.40. The van der Waals surface area contributed by atoms with Crippen LogP contribution >= 0.6 is 23.4 Å². The molecule has 5 nitrogen and oxygen atoms in total. The molecule has 3 aromatic carbocycles. The average Bonchev–Trinajstić information content (AvgIpc) is 3.16. The zero-order chi connectivity index (χ0) is 25.8. The number of carbonyl (C=O) groups is 2. The lowest BCUT2D eigenvalue weighted by molar-refractivity contribution is -0.117. The molecular weight excluding hydrogens is 490 g/mol. The first-order valence-electron chi connectivity index (χ1n) is 11.6. The van der Waals surface area contributed by atoms with Crippen molar-refractivity contribution in [2.75, 3.05) is 10.2 Å². The molecule has 1 atom stereocenters. The molecule has 1 aliphatic heterocycles. The summed E-state index contributed by atoms with van der Waals surface area (Å²) >= 11 is 7.27. The van der Waals surface area contributed by atoms with Crippen LogP contribution in [0.2, 0.25) is 5.02 Å². The standard InChI is InChI=1S/C29H26ClN3O2S/c1-18(2)21-9-13-24(14-10-21)33-28(35)26(16-20-7-11-22(30)12-8-20)36-29(33)25(17-31)27(34)32-23-6-4-5-19(3)15-23/h4-15,18,26H,16H2,1-3H3,(H,32,34)/b29-25-. The van der Waals surface area contributed by atoms with Crippen molar-refractivity contribution >= 4 is 46.6 Å². The molecule has 182 valence electrons. The fourth-order valence-corrected chi connectivity index (χ4v) is 5.42. The highest BCUT2D eigenvalue weighted by atomic mass is 35.5. The lowest BCUT2D eigenvalue weighted by Crippen LogP contribution is -2.31. The van der Waals surface area contributed by atoms with Crippen LogP contribution in [0.4, 0.5) is 11.4 Å². The van der Waals surface area contributed by atoms with Crippen LogP contribution in [0.1, 0.15) is 36.5 Å². The summed E-state index contributed by atoms with van der Waals surface area (Å²) in [4.78, 5) is 28.4. The van der Waals surface area contributed by atoms with Gasteiger partial charge in [0.1, 0.15) is 16.7 Å². The summed E-state index contributed by atoms with van der Waals surface area (Å²) in [6, 6.07) is 24.4. The molecular formula is C29H26ClN3O2S. The number of halogens is 1. The summed E-state index contributed by atoms with van der Waals surface area (Å²) in [6.45, 7) is 6.13. The van der Waals surface area contributed by atoms with E-state index in [0.29, 0.717) is 33.8 Å². The van der Waals surface area contributed by atoms with Gasteiger partial charge < -0.3 is 5.32 Å². The third kappa shape index (κ3) is 5.64. The van der Waals surface area contributed by atoms with Gasteiger partial charge in [0.15, 0.2) is 0 Å². The van der Waals surface area contributed by atoms with Crippen molar-refractivity contribution in [1.82, 2.24) is 0 Å². The van der Waals surface area contributed by atoms with Gasteiger partial charge in [-0.2, -0.15) is 5.26 Å². The summed E-state index contributed by atoms with van der Waals surface area (Å²) < 4.78 is 0. The van der Waals surface area contributed by atoms with E-state index in [4.69, 9.17) is 11.6 Å². The summed E-state index contributed by atoms with van der Waals surface area (Å²) in [7, 11) is 0. The molecule has 0 spiro atoms. The van der Waals surface area contributed by atoms with Crippen molar-refractivity contribution in [2.24, 2.45) is 0 Å². The molecule has 0 aliphatic carbocycles. The van der Waals surface area contributed by atoms with Crippen LogP contribution in [0.5, 0.6) is 0 Å². The van der Waals surface area contributed by atoms with Gasteiger partial charge in [-0.3, -0.25) is 14.5 Å². The largest absolute Gasteiger partial charge is 0.321 e. The smallest absolute Gasteiger partial charge is 0.269 e. The van der Waals surface area contributed by atoms with Crippen molar-refractivity contribution in [3.63, 3.8) is 0 Å². The Bertz CT molecular complexity index is 1360. The molecule has 0 aromatic heterocycles. The normalized spacial score (nSPS) is 16.7. The minimum atomic E-state index is -0.547. The quantitative estimate of drug-likeness (QED) is 0.288. The average molecular weight is 516 g/mol. The number of hydrogen-bond acceptors (Lipinski definition) is 4. The zero-order valence-corrected chi connectivity index (χ0v) is 21.9. The summed E-state index contributed by atoms with van der Waals surface area (Å²) in [6.07, 6.45) is 0.447. The predicted octanol–water partition coefficient (Wildman–Crippen LogP) is 6.84. The monoisotopic (exact) mass is 515 g/mol. The van der Waals surface area contributed by atoms with Gasteiger partial charge in [-0.05, 0) is 72.4 Å². The Kier molecular flexibility index (Phi) is 7.83. The number of nitrogens with one attached hydrogen (secondary N) is 1. The van der Waals surface area contributed by atoms with Crippen molar-refractivity contribution < 1.29 is 9.59 Å². The van der Waals surface area contributed by atoms with E-state index in [1.165, 1.54) is 16.7 Å². The van der Waals surface area contributed by atoms with Gasteiger partial charge in [-0.1, -0.05) is 73.6 Å². The van der Waals surface area contributed by atoms with Gasteiger partial charge in [0, 0.05) is 16.4 Å². The fourth-order valence-electron chi connectivity index (χ4n) is 3.98. The van der Waals surface area contributed by atoms with Gasteiger partial charge in [-0.15, -0.1) is 0 Å². The maximum atomic E-state index is 13.7. The first-order valence-corrected chi connectivity index (χ1v) is 12.9. The molecule has 36 heavy (non-hydrogen) atoms. The molecule has 7 heteroatoms. The van der Waals surface area contributed by atoms with Crippen molar-refractivity contribution in [1.29, 1.82) is 5.26 Å². The highest BCUT2D eigenvalue weighted by molar-refractivity contribution is 8.05. The molecule has 0 saturated carbocycles. The Morgan fingerprint density at radius 2 is 1.81 bits per heavy atom. The van der Waals surface area contributed by atoms with Crippen molar-refractivity contribution in [2.45, 2.75) is 38.4 Å². The Hall–Kier alpha value is -3.53. The van der Waals surface area contributed by atoms with E-state index in [0.717, 1.165) is 16.7 Å². The maximum Gasteiger partial charge on any atom is 0.269 e. The summed E-state index contributed by atoms with van der Waals surface area (Å²) in [5, 5.41) is 13.3. The number of aryl methyl sites for hydroxylation is 1. The number of nitriles is 1. The van der Waals surface area contributed by atoms with Crippen LogP contribution in [0.15, 0.2) is 83.4 Å². The van der Waals surface area contributed by atoms with E-state index in [-0.39, 0.29) is 11.5 Å². The van der Waals surface area contributed by atoms with Crippen molar-refractivity contribution in [3.05, 3.63) is 105 Å². The Labute approximate surface area is 220 Å². The van der Waals surface area contributed by atoms with E-state index < -0.39 is 11.2 Å². The van der Waals surface area contributed by atoms with Crippen LogP contribution in [-0.2, 0) is 16.0 Å². The number of rotatable bonds is 6. The molecule has 2 amide bonds. The lowest BCUT2D eigenvalue weighted by Gasteiger charge is -2.19. The Morgan fingerprint density at radius 1 is 1.11 bits per heavy atom. The van der Waals surface area contributed by atoms with Crippen LogP contribution in [-0.4, -0.2) is 17.1 Å². The second-order valence-corrected chi connectivity index (χ2v) is 10.6. The van der Waals surface area contributed by atoms with Crippen LogP contribution in [0, 0.1) is 18.3 Å². The van der Waals surface area contributed by atoms with E-state index >= 15 is 0 Å². The number of thioether (sulfide) groups is 1. The number of nitrogens with zero attached hydrogens (tertiary/aromatic N) is 2. The number of hydrogen-bond donors (Lipinski definition) is 1. The Balaban J connectivity index is 1.73. The fraction of sp³-hybridized carbons (Fsp3) is 0.207. The van der Waals surface area contributed by atoms with E-state index in [1.54, 1.807) is 18.2 Å². The van der Waals surface area contributed by atoms with Gasteiger partial charge in [0.2, 0.25) is 5.91 Å². The highest BCUT2D eigenvalue weighted by Crippen LogP contribution is 2.42. The number of amides is 2. The molecule has 4 rings (SSSR count). The minimum Gasteiger partial charge on any atom is -0.321 e. The van der Waals surface area contributed by atoms with Gasteiger partial charge >= 0.3 is 0 Å². The molecule has 1 heterocycles. The molecule has 0 radical (unpaired) electrons. The molecule has 1 fully saturated rings. The molecule has 3 aromatic rings. The molecule has 1 saturated heterocycles. The van der Waals surface area contributed by atoms with Crippen molar-refractivity contribution in [3.8, 4) is 6.07 Å². The van der Waals surface area contributed by atoms with Gasteiger partial charge in [0.05, 0.1) is 5.25 Å². The minimum absolute atomic E-state index is 0.0959. The molecule has 1 unspecified atom stereocenters. The first-order chi connectivity index (χ1) is 17.3. The lowest BCUT2D eigenvalue weighted by atomic mass is 10.0. The third-order valence-electron chi connectivity index (χ3n) is 5.93. The number of anilines is 2. The number of benzene rings is 3. The summed E-state index contributed by atoms with van der Waals surface area (Å²) in [5.41, 5.74) is 4.19. The van der Waals surface area contributed by atoms with E-state index in [1.807, 2.05) is 61.5 Å². The second kappa shape index (κ2) is 11.0. The van der Waals surface area contributed by atoms with Gasteiger partial charge in [-0.25, -0.2) is 0 Å². The summed E-state index contributed by atoms with van der Waals surface area (Å²) in [5.74, 6) is -0.377. The molecule has 1 N–H and O–H groups in total. The molecule has 0 bridgehead atoms. The maximum absolute atomic E-state index is 13.7. The Morgan fingerprint density at radius 3 is 2.42 bits per heavy atom. The van der Waals surface area contributed by atoms with Crippen LogP contribution < -0.4 is 10.2 Å². The number of carbonyl (C=O) groups excluding carboxylic acids is 2. The van der Waals surface area contributed by atoms with E-state index in [9.17, 15) is 14.9 Å².